The van der Waals surface area contributed by atoms with E-state index >= 15 is 0 Å². The molecule has 4 aromatic rings. The predicted octanol–water partition coefficient (Wildman–Crippen LogP) is 3.60. The van der Waals surface area contributed by atoms with Gasteiger partial charge in [-0.2, -0.15) is 0 Å². The number of imidazole rings is 1. The third-order valence-electron chi connectivity index (χ3n) is 3.65. The summed E-state index contributed by atoms with van der Waals surface area (Å²) >= 11 is 1.14. The first-order chi connectivity index (χ1) is 12.1. The molecule has 0 atom stereocenters. The van der Waals surface area contributed by atoms with Crippen molar-refractivity contribution >= 4 is 33.9 Å². The third-order valence-corrected chi connectivity index (χ3v) is 4.64. The summed E-state index contributed by atoms with van der Waals surface area (Å²) in [6.45, 7) is 1.94. The number of aromatic carboxylic acids is 1. The van der Waals surface area contributed by atoms with Gasteiger partial charge in [-0.1, -0.05) is 6.07 Å². The normalized spacial score (nSPS) is 10.9. The molecule has 4 aromatic heterocycles. The number of rotatable bonds is 4. The van der Waals surface area contributed by atoms with Crippen molar-refractivity contribution < 1.29 is 9.90 Å². The van der Waals surface area contributed by atoms with Crippen LogP contribution in [0, 0.1) is 6.92 Å². The molecule has 8 heteroatoms. The van der Waals surface area contributed by atoms with Gasteiger partial charge in [0.2, 0.25) is 5.95 Å². The van der Waals surface area contributed by atoms with Crippen LogP contribution in [-0.4, -0.2) is 30.4 Å². The van der Waals surface area contributed by atoms with Crippen LogP contribution in [0.2, 0.25) is 0 Å². The van der Waals surface area contributed by atoms with E-state index in [1.54, 1.807) is 18.3 Å². The first-order valence-electron chi connectivity index (χ1n) is 7.49. The van der Waals surface area contributed by atoms with E-state index in [1.807, 2.05) is 41.8 Å². The SMILES string of the molecule is Cc1nc2ccccn2c1-c1ccnc(Nc2ccc(C(=O)O)s2)n1. The number of anilines is 2. The van der Waals surface area contributed by atoms with Crippen molar-refractivity contribution in [3.8, 4) is 11.4 Å². The molecule has 0 aliphatic heterocycles. The minimum atomic E-state index is -0.950. The Morgan fingerprint density at radius 2 is 2.08 bits per heavy atom. The van der Waals surface area contributed by atoms with Gasteiger partial charge in [0.25, 0.3) is 0 Å². The highest BCUT2D eigenvalue weighted by Gasteiger charge is 2.13. The largest absolute Gasteiger partial charge is 0.477 e. The molecule has 7 nitrogen and oxygen atoms in total. The summed E-state index contributed by atoms with van der Waals surface area (Å²) in [7, 11) is 0. The summed E-state index contributed by atoms with van der Waals surface area (Å²) in [5.74, 6) is -0.546. The van der Waals surface area contributed by atoms with Crippen molar-refractivity contribution in [2.24, 2.45) is 0 Å². The van der Waals surface area contributed by atoms with Gasteiger partial charge in [0.1, 0.15) is 10.5 Å². The predicted molar refractivity (Wildman–Crippen MR) is 95.5 cm³/mol. The number of pyridine rings is 1. The summed E-state index contributed by atoms with van der Waals surface area (Å²) in [5, 5.41) is 12.7. The first kappa shape index (κ1) is 15.3. The van der Waals surface area contributed by atoms with Crippen molar-refractivity contribution in [2.75, 3.05) is 5.32 Å². The Labute approximate surface area is 146 Å². The van der Waals surface area contributed by atoms with Gasteiger partial charge in [-0.05, 0) is 37.3 Å². The third kappa shape index (κ3) is 2.83. The summed E-state index contributed by atoms with van der Waals surface area (Å²) in [6.07, 6.45) is 3.61. The van der Waals surface area contributed by atoms with Crippen molar-refractivity contribution in [3.05, 3.63) is 59.4 Å². The van der Waals surface area contributed by atoms with Gasteiger partial charge in [0, 0.05) is 12.4 Å². The number of nitrogens with one attached hydrogen (secondary N) is 1. The molecule has 0 amide bonds. The summed E-state index contributed by atoms with van der Waals surface area (Å²) in [4.78, 5) is 24.6. The van der Waals surface area contributed by atoms with E-state index in [2.05, 4.69) is 20.3 Å². The number of carboxylic acid groups (broad SMARTS) is 1. The van der Waals surface area contributed by atoms with E-state index < -0.39 is 5.97 Å². The lowest BCUT2D eigenvalue weighted by Crippen LogP contribution is -1.98. The number of aromatic nitrogens is 4. The molecular weight excluding hydrogens is 338 g/mol. The minimum Gasteiger partial charge on any atom is -0.477 e. The number of fused-ring (bicyclic) bond motifs is 1. The first-order valence-corrected chi connectivity index (χ1v) is 8.31. The second-order valence-corrected chi connectivity index (χ2v) is 6.42. The molecule has 0 unspecified atom stereocenters. The molecule has 124 valence electrons. The van der Waals surface area contributed by atoms with Crippen LogP contribution in [0.25, 0.3) is 17.0 Å². The lowest BCUT2D eigenvalue weighted by Gasteiger charge is -2.06. The molecule has 0 aromatic carbocycles. The maximum Gasteiger partial charge on any atom is 0.345 e. The van der Waals surface area contributed by atoms with E-state index in [9.17, 15) is 4.79 Å². The molecule has 0 fully saturated rings. The van der Waals surface area contributed by atoms with Gasteiger partial charge < -0.3 is 10.4 Å². The molecule has 0 aliphatic carbocycles. The Balaban J connectivity index is 1.71. The van der Waals surface area contributed by atoms with E-state index in [0.717, 1.165) is 34.1 Å². The molecule has 2 N–H and O–H groups in total. The Hall–Kier alpha value is -3.26. The van der Waals surface area contributed by atoms with E-state index in [-0.39, 0.29) is 4.88 Å². The van der Waals surface area contributed by atoms with Crippen LogP contribution in [-0.2, 0) is 0 Å². The van der Waals surface area contributed by atoms with Crippen LogP contribution in [0.1, 0.15) is 15.4 Å². The van der Waals surface area contributed by atoms with Crippen LogP contribution in [0.3, 0.4) is 0 Å². The fourth-order valence-corrected chi connectivity index (χ4v) is 3.34. The van der Waals surface area contributed by atoms with Crippen LogP contribution >= 0.6 is 11.3 Å². The van der Waals surface area contributed by atoms with Crippen LogP contribution < -0.4 is 5.32 Å². The summed E-state index contributed by atoms with van der Waals surface area (Å²) < 4.78 is 1.98. The smallest absolute Gasteiger partial charge is 0.345 e. The van der Waals surface area contributed by atoms with Crippen LogP contribution in [0.5, 0.6) is 0 Å². The fraction of sp³-hybridized carbons (Fsp3) is 0.0588. The molecule has 0 spiro atoms. The van der Waals surface area contributed by atoms with E-state index in [1.165, 1.54) is 0 Å². The molecule has 0 saturated carbocycles. The monoisotopic (exact) mass is 351 g/mol. The second kappa shape index (κ2) is 5.99. The maximum atomic E-state index is 11.0. The van der Waals surface area contributed by atoms with E-state index in [4.69, 9.17) is 5.11 Å². The van der Waals surface area contributed by atoms with Gasteiger partial charge in [0.15, 0.2) is 0 Å². The molecule has 0 aliphatic rings. The van der Waals surface area contributed by atoms with Crippen molar-refractivity contribution in [1.29, 1.82) is 0 Å². The van der Waals surface area contributed by atoms with Gasteiger partial charge in [-0.25, -0.2) is 19.7 Å². The van der Waals surface area contributed by atoms with Gasteiger partial charge in [-0.3, -0.25) is 4.40 Å². The quantitative estimate of drug-likeness (QED) is 0.583. The maximum absolute atomic E-state index is 11.0. The highest BCUT2D eigenvalue weighted by atomic mass is 32.1. The van der Waals surface area contributed by atoms with Crippen molar-refractivity contribution in [3.63, 3.8) is 0 Å². The van der Waals surface area contributed by atoms with Crippen LogP contribution in [0.4, 0.5) is 10.9 Å². The number of thiophene rings is 1. The van der Waals surface area contributed by atoms with Gasteiger partial charge in [0.05, 0.1) is 22.1 Å². The Morgan fingerprint density at radius 3 is 2.88 bits per heavy atom. The zero-order valence-electron chi connectivity index (χ0n) is 13.2. The number of hydrogen-bond acceptors (Lipinski definition) is 6. The molecular formula is C17H13N5O2S. The zero-order chi connectivity index (χ0) is 17.4. The Kier molecular flexibility index (Phi) is 3.66. The zero-order valence-corrected chi connectivity index (χ0v) is 14.0. The Morgan fingerprint density at radius 1 is 1.20 bits per heavy atom. The fourth-order valence-electron chi connectivity index (χ4n) is 2.60. The average molecular weight is 351 g/mol. The topological polar surface area (TPSA) is 92.4 Å². The van der Waals surface area contributed by atoms with Crippen molar-refractivity contribution in [1.82, 2.24) is 19.4 Å². The van der Waals surface area contributed by atoms with Gasteiger partial charge in [-0.15, -0.1) is 11.3 Å². The van der Waals surface area contributed by atoms with E-state index in [0.29, 0.717) is 10.9 Å². The average Bonchev–Trinajstić information content (AvgIpc) is 3.18. The molecule has 0 radical (unpaired) electrons. The minimum absolute atomic E-state index is 0.260. The molecule has 0 bridgehead atoms. The second-order valence-electron chi connectivity index (χ2n) is 5.33. The lowest BCUT2D eigenvalue weighted by atomic mass is 10.2. The number of hydrogen-bond donors (Lipinski definition) is 2. The number of carboxylic acids is 1. The summed E-state index contributed by atoms with van der Waals surface area (Å²) in [5.41, 5.74) is 3.37. The molecule has 0 saturated heterocycles. The number of aryl methyl sites for hydroxylation is 1. The lowest BCUT2D eigenvalue weighted by molar-refractivity contribution is 0.0702. The summed E-state index contributed by atoms with van der Waals surface area (Å²) in [6, 6.07) is 10.9. The standard InChI is InChI=1S/C17H13N5O2S/c1-10-15(22-9-3-2-4-13(22)19-10)11-7-8-18-17(20-11)21-14-6-5-12(25-14)16(23)24/h2-9H,1H3,(H,23,24)(H,18,20,21). The molecule has 25 heavy (non-hydrogen) atoms. The number of carbonyl (C=O) groups is 1. The molecule has 4 rings (SSSR count). The number of nitrogens with zero attached hydrogens (tertiary/aromatic N) is 4. The van der Waals surface area contributed by atoms with Crippen molar-refractivity contribution in [2.45, 2.75) is 6.92 Å². The highest BCUT2D eigenvalue weighted by Crippen LogP contribution is 2.27. The van der Waals surface area contributed by atoms with Gasteiger partial charge >= 0.3 is 5.97 Å². The highest BCUT2D eigenvalue weighted by molar-refractivity contribution is 7.17. The Bertz CT molecular complexity index is 1090. The molecule has 4 heterocycles. The van der Waals surface area contributed by atoms with Crippen LogP contribution in [0.15, 0.2) is 48.8 Å².